The van der Waals surface area contributed by atoms with Crippen LogP contribution in [0.4, 0.5) is 11.4 Å². The fraction of sp³-hybridized carbons (Fsp3) is 0.462. The Hall–Kier alpha value is -1.56. The summed E-state index contributed by atoms with van der Waals surface area (Å²) in [6.07, 6.45) is 0.493. The number of rotatable bonds is 5. The molecule has 3 N–H and O–H groups in total. The van der Waals surface area contributed by atoms with Gasteiger partial charge in [-0.2, -0.15) is 0 Å². The van der Waals surface area contributed by atoms with Crippen molar-refractivity contribution in [2.24, 2.45) is 0 Å². The maximum atomic E-state index is 11.8. The van der Waals surface area contributed by atoms with Gasteiger partial charge in [-0.3, -0.25) is 4.79 Å². The molecular weight excluding hydrogens is 264 g/mol. The van der Waals surface area contributed by atoms with E-state index >= 15 is 0 Å². The zero-order valence-corrected chi connectivity index (χ0v) is 12.3. The summed E-state index contributed by atoms with van der Waals surface area (Å²) in [5.41, 5.74) is 7.56. The van der Waals surface area contributed by atoms with E-state index in [2.05, 4.69) is 5.32 Å². The summed E-state index contributed by atoms with van der Waals surface area (Å²) in [7, 11) is -3.40. The number of anilines is 2. The molecule has 0 fully saturated rings. The SMILES string of the molecule is CCC(C)S(=O)(=O)CC(=O)Nc1cccc(N)c1C. The van der Waals surface area contributed by atoms with Gasteiger partial charge in [0, 0.05) is 11.4 Å². The van der Waals surface area contributed by atoms with E-state index in [1.54, 1.807) is 39.0 Å². The maximum Gasteiger partial charge on any atom is 0.239 e. The van der Waals surface area contributed by atoms with Gasteiger partial charge in [0.1, 0.15) is 5.75 Å². The minimum atomic E-state index is -3.40. The molecular formula is C13H20N2O3S. The van der Waals surface area contributed by atoms with E-state index in [0.29, 0.717) is 17.8 Å². The average Bonchev–Trinajstić information content (AvgIpc) is 2.33. The molecule has 106 valence electrons. The van der Waals surface area contributed by atoms with E-state index in [9.17, 15) is 13.2 Å². The fourth-order valence-electron chi connectivity index (χ4n) is 1.55. The minimum Gasteiger partial charge on any atom is -0.398 e. The first kappa shape index (κ1) is 15.5. The van der Waals surface area contributed by atoms with Crippen molar-refractivity contribution in [3.8, 4) is 0 Å². The van der Waals surface area contributed by atoms with Crippen LogP contribution in [0, 0.1) is 6.92 Å². The molecule has 0 bridgehead atoms. The molecule has 0 heterocycles. The van der Waals surface area contributed by atoms with Crippen molar-refractivity contribution in [3.05, 3.63) is 23.8 Å². The van der Waals surface area contributed by atoms with E-state index < -0.39 is 26.7 Å². The molecule has 6 heteroatoms. The number of carbonyl (C=O) groups is 1. The normalized spacial score (nSPS) is 13.0. The van der Waals surface area contributed by atoms with Crippen LogP contribution in [-0.4, -0.2) is 25.3 Å². The van der Waals surface area contributed by atoms with Crippen molar-refractivity contribution < 1.29 is 13.2 Å². The predicted molar refractivity (Wildman–Crippen MR) is 77.8 cm³/mol. The summed E-state index contributed by atoms with van der Waals surface area (Å²) in [4.78, 5) is 11.8. The maximum absolute atomic E-state index is 11.8. The van der Waals surface area contributed by atoms with Gasteiger partial charge in [-0.1, -0.05) is 13.0 Å². The molecule has 0 spiro atoms. The van der Waals surface area contributed by atoms with Crippen LogP contribution >= 0.6 is 0 Å². The molecule has 1 atom stereocenters. The number of amides is 1. The van der Waals surface area contributed by atoms with E-state index in [1.165, 1.54) is 0 Å². The lowest BCUT2D eigenvalue weighted by atomic mass is 10.1. The molecule has 1 aromatic rings. The smallest absolute Gasteiger partial charge is 0.239 e. The van der Waals surface area contributed by atoms with Gasteiger partial charge in [-0.15, -0.1) is 0 Å². The number of sulfone groups is 1. The van der Waals surface area contributed by atoms with Crippen molar-refractivity contribution in [1.29, 1.82) is 0 Å². The van der Waals surface area contributed by atoms with Crippen molar-refractivity contribution in [2.75, 3.05) is 16.8 Å². The second-order valence-corrected chi connectivity index (χ2v) is 7.01. The number of carbonyl (C=O) groups excluding carboxylic acids is 1. The van der Waals surface area contributed by atoms with Crippen LogP contribution in [0.5, 0.6) is 0 Å². The fourth-order valence-corrected chi connectivity index (χ4v) is 2.78. The van der Waals surface area contributed by atoms with Gasteiger partial charge >= 0.3 is 0 Å². The van der Waals surface area contributed by atoms with Crippen LogP contribution in [0.3, 0.4) is 0 Å². The second-order valence-electron chi connectivity index (χ2n) is 4.59. The first-order valence-electron chi connectivity index (χ1n) is 6.14. The lowest BCUT2D eigenvalue weighted by Gasteiger charge is -2.12. The van der Waals surface area contributed by atoms with Gasteiger partial charge in [-0.25, -0.2) is 8.42 Å². The molecule has 19 heavy (non-hydrogen) atoms. The van der Waals surface area contributed by atoms with Crippen molar-refractivity contribution >= 4 is 27.1 Å². The Morgan fingerprint density at radius 2 is 2.05 bits per heavy atom. The topological polar surface area (TPSA) is 89.3 Å². The standard InChI is InChI=1S/C13H20N2O3S/c1-4-9(2)19(17,18)8-13(16)15-12-7-5-6-11(14)10(12)3/h5-7,9H,4,8,14H2,1-3H3,(H,15,16). The molecule has 0 aliphatic rings. The zero-order chi connectivity index (χ0) is 14.6. The minimum absolute atomic E-state index is 0.493. The summed E-state index contributed by atoms with van der Waals surface area (Å²) in [6, 6.07) is 5.13. The number of hydrogen-bond acceptors (Lipinski definition) is 4. The van der Waals surface area contributed by atoms with Crippen molar-refractivity contribution in [1.82, 2.24) is 0 Å². The van der Waals surface area contributed by atoms with Crippen LogP contribution in [0.15, 0.2) is 18.2 Å². The van der Waals surface area contributed by atoms with Gasteiger partial charge in [0.2, 0.25) is 5.91 Å². The van der Waals surface area contributed by atoms with E-state index in [-0.39, 0.29) is 0 Å². The summed E-state index contributed by atoms with van der Waals surface area (Å²) >= 11 is 0. The highest BCUT2D eigenvalue weighted by Crippen LogP contribution is 2.20. The van der Waals surface area contributed by atoms with Gasteiger partial charge in [0.05, 0.1) is 5.25 Å². The number of benzene rings is 1. The Labute approximate surface area is 114 Å². The lowest BCUT2D eigenvalue weighted by molar-refractivity contribution is -0.113. The number of hydrogen-bond donors (Lipinski definition) is 2. The second kappa shape index (κ2) is 6.06. The Bertz CT molecular complexity index is 567. The molecule has 0 aliphatic carbocycles. The first-order chi connectivity index (χ1) is 8.77. The molecule has 0 saturated heterocycles. The molecule has 1 amide bonds. The van der Waals surface area contributed by atoms with E-state index in [0.717, 1.165) is 5.56 Å². The zero-order valence-electron chi connectivity index (χ0n) is 11.4. The van der Waals surface area contributed by atoms with Gasteiger partial charge < -0.3 is 11.1 Å². The van der Waals surface area contributed by atoms with Gasteiger partial charge in [-0.05, 0) is 38.0 Å². The molecule has 5 nitrogen and oxygen atoms in total. The molecule has 0 aromatic heterocycles. The van der Waals surface area contributed by atoms with Gasteiger partial charge in [0.25, 0.3) is 0 Å². The summed E-state index contributed by atoms with van der Waals surface area (Å²) in [5.74, 6) is -1.04. The van der Waals surface area contributed by atoms with E-state index in [4.69, 9.17) is 5.73 Å². The number of nitrogens with two attached hydrogens (primary N) is 1. The third-order valence-electron chi connectivity index (χ3n) is 3.17. The number of nitrogen functional groups attached to an aromatic ring is 1. The molecule has 1 rings (SSSR count). The largest absolute Gasteiger partial charge is 0.398 e. The van der Waals surface area contributed by atoms with Crippen LogP contribution in [0.1, 0.15) is 25.8 Å². The first-order valence-corrected chi connectivity index (χ1v) is 7.86. The van der Waals surface area contributed by atoms with Crippen LogP contribution in [0.2, 0.25) is 0 Å². The quantitative estimate of drug-likeness (QED) is 0.806. The monoisotopic (exact) mass is 284 g/mol. The Kier molecular flexibility index (Phi) is 4.94. The lowest BCUT2D eigenvalue weighted by Crippen LogP contribution is -2.29. The molecule has 0 aliphatic heterocycles. The highest BCUT2D eigenvalue weighted by Gasteiger charge is 2.23. The van der Waals surface area contributed by atoms with Crippen molar-refractivity contribution in [3.63, 3.8) is 0 Å². The highest BCUT2D eigenvalue weighted by atomic mass is 32.2. The summed E-state index contributed by atoms with van der Waals surface area (Å²) < 4.78 is 23.7. The highest BCUT2D eigenvalue weighted by molar-refractivity contribution is 7.92. The molecule has 0 radical (unpaired) electrons. The van der Waals surface area contributed by atoms with Crippen LogP contribution < -0.4 is 11.1 Å². The third-order valence-corrected chi connectivity index (χ3v) is 5.39. The third kappa shape index (κ3) is 3.96. The Balaban J connectivity index is 2.79. The molecule has 1 aromatic carbocycles. The predicted octanol–water partition coefficient (Wildman–Crippen LogP) is 1.73. The van der Waals surface area contributed by atoms with E-state index in [1.807, 2.05) is 0 Å². The summed E-state index contributed by atoms with van der Waals surface area (Å²) in [6.45, 7) is 5.16. The number of nitrogens with one attached hydrogen (secondary N) is 1. The van der Waals surface area contributed by atoms with Crippen LogP contribution in [0.25, 0.3) is 0 Å². The summed E-state index contributed by atoms with van der Waals surface area (Å²) in [5, 5.41) is 2.07. The van der Waals surface area contributed by atoms with Crippen LogP contribution in [-0.2, 0) is 14.6 Å². The Morgan fingerprint density at radius 1 is 1.42 bits per heavy atom. The Morgan fingerprint density at radius 3 is 2.63 bits per heavy atom. The van der Waals surface area contributed by atoms with Gasteiger partial charge in [0.15, 0.2) is 9.84 Å². The molecule has 1 unspecified atom stereocenters. The molecule has 0 saturated carbocycles. The van der Waals surface area contributed by atoms with Crippen molar-refractivity contribution in [2.45, 2.75) is 32.4 Å². The average molecular weight is 284 g/mol.